The number of methoxy groups -OCH3 is 1. The molecule has 1 rings (SSSR count). The fraction of sp³-hybridized carbons (Fsp3) is 0.438. The Bertz CT molecular complexity index is 622. The molecule has 25 heavy (non-hydrogen) atoms. The van der Waals surface area contributed by atoms with Crippen LogP contribution in [0.5, 0.6) is 11.5 Å². The molecule has 0 fully saturated rings. The van der Waals surface area contributed by atoms with Gasteiger partial charge in [-0.2, -0.15) is 5.10 Å². The first-order chi connectivity index (χ1) is 12.0. The zero-order valence-corrected chi connectivity index (χ0v) is 15.2. The molecule has 0 unspecified atom stereocenters. The van der Waals surface area contributed by atoms with Crippen LogP contribution in [0.2, 0.25) is 5.02 Å². The van der Waals surface area contributed by atoms with Crippen LogP contribution >= 0.6 is 11.6 Å². The Morgan fingerprint density at radius 2 is 1.92 bits per heavy atom. The molecule has 0 aliphatic heterocycles. The van der Waals surface area contributed by atoms with Crippen molar-refractivity contribution in [1.29, 1.82) is 0 Å². The van der Waals surface area contributed by atoms with E-state index in [4.69, 9.17) is 25.8 Å². The highest BCUT2D eigenvalue weighted by Gasteiger charge is 2.13. The van der Waals surface area contributed by atoms with Crippen molar-refractivity contribution in [2.24, 2.45) is 5.10 Å². The van der Waals surface area contributed by atoms with Crippen LogP contribution < -0.4 is 20.2 Å². The van der Waals surface area contributed by atoms with Gasteiger partial charge in [-0.15, -0.1) is 0 Å². The summed E-state index contributed by atoms with van der Waals surface area (Å²) in [7, 11) is 1.50. The second kappa shape index (κ2) is 11.3. The summed E-state index contributed by atoms with van der Waals surface area (Å²) < 4.78 is 15.7. The van der Waals surface area contributed by atoms with Crippen LogP contribution in [0, 0.1) is 0 Å². The van der Waals surface area contributed by atoms with Crippen molar-refractivity contribution in [2.75, 3.05) is 33.5 Å². The van der Waals surface area contributed by atoms with Crippen LogP contribution in [-0.2, 0) is 14.3 Å². The minimum Gasteiger partial charge on any atom is -0.490 e. The second-order valence-electron chi connectivity index (χ2n) is 4.64. The average Bonchev–Trinajstić information content (AvgIpc) is 2.58. The van der Waals surface area contributed by atoms with Crippen molar-refractivity contribution in [1.82, 2.24) is 10.7 Å². The highest BCUT2D eigenvalue weighted by molar-refractivity contribution is 6.35. The van der Waals surface area contributed by atoms with Gasteiger partial charge in [-0.3, -0.25) is 9.59 Å². The molecule has 138 valence electrons. The summed E-state index contributed by atoms with van der Waals surface area (Å²) in [6.45, 7) is 5.12. The lowest BCUT2D eigenvalue weighted by Crippen LogP contribution is -2.39. The van der Waals surface area contributed by atoms with E-state index in [0.29, 0.717) is 41.9 Å². The lowest BCUT2D eigenvalue weighted by atomic mass is 10.2. The number of ether oxygens (including phenoxy) is 3. The third-order valence-corrected chi connectivity index (χ3v) is 3.08. The summed E-state index contributed by atoms with van der Waals surface area (Å²) in [6, 6.07) is 3.29. The fourth-order valence-corrected chi connectivity index (χ4v) is 2.05. The van der Waals surface area contributed by atoms with E-state index in [9.17, 15) is 9.59 Å². The van der Waals surface area contributed by atoms with Crippen LogP contribution in [0.25, 0.3) is 0 Å². The van der Waals surface area contributed by atoms with Gasteiger partial charge in [0.25, 0.3) is 0 Å². The number of carbonyl (C=O) groups is 2. The molecular formula is C16H22ClN3O5. The molecule has 1 aromatic carbocycles. The van der Waals surface area contributed by atoms with Gasteiger partial charge in [-0.25, -0.2) is 5.43 Å². The number of nitrogens with zero attached hydrogens (tertiary/aromatic N) is 1. The maximum atomic E-state index is 11.6. The summed E-state index contributed by atoms with van der Waals surface area (Å²) in [4.78, 5) is 23.0. The Morgan fingerprint density at radius 1 is 1.20 bits per heavy atom. The number of rotatable bonds is 9. The second-order valence-corrected chi connectivity index (χ2v) is 5.05. The van der Waals surface area contributed by atoms with Gasteiger partial charge in [-0.05, 0) is 31.5 Å². The third kappa shape index (κ3) is 6.98. The Hall–Kier alpha value is -2.32. The van der Waals surface area contributed by atoms with Crippen molar-refractivity contribution in [3.05, 3.63) is 22.7 Å². The molecule has 0 saturated carbocycles. The van der Waals surface area contributed by atoms with E-state index < -0.39 is 11.8 Å². The fourth-order valence-electron chi connectivity index (χ4n) is 1.77. The van der Waals surface area contributed by atoms with Gasteiger partial charge in [0.05, 0.1) is 31.1 Å². The van der Waals surface area contributed by atoms with E-state index in [1.165, 1.54) is 13.3 Å². The maximum Gasteiger partial charge on any atom is 0.329 e. The maximum absolute atomic E-state index is 11.6. The highest BCUT2D eigenvalue weighted by Crippen LogP contribution is 2.36. The van der Waals surface area contributed by atoms with E-state index >= 15 is 0 Å². The summed E-state index contributed by atoms with van der Waals surface area (Å²) >= 11 is 6.18. The topological polar surface area (TPSA) is 98.2 Å². The number of halogens is 1. The van der Waals surface area contributed by atoms with Gasteiger partial charge in [0.15, 0.2) is 11.5 Å². The quantitative estimate of drug-likeness (QED) is 0.295. The molecular weight excluding hydrogens is 350 g/mol. The van der Waals surface area contributed by atoms with Crippen LogP contribution in [0.4, 0.5) is 0 Å². The Morgan fingerprint density at radius 3 is 2.56 bits per heavy atom. The van der Waals surface area contributed by atoms with E-state index in [0.717, 1.165) is 0 Å². The molecule has 8 nitrogen and oxygen atoms in total. The van der Waals surface area contributed by atoms with E-state index in [1.54, 1.807) is 12.1 Å². The summed E-state index contributed by atoms with van der Waals surface area (Å²) in [5, 5.41) is 6.48. The molecule has 2 amide bonds. The minimum absolute atomic E-state index is 0.235. The first-order valence-corrected chi connectivity index (χ1v) is 8.10. The molecule has 0 radical (unpaired) electrons. The molecule has 0 bridgehead atoms. The van der Waals surface area contributed by atoms with Crippen molar-refractivity contribution >= 4 is 29.6 Å². The van der Waals surface area contributed by atoms with Crippen LogP contribution in [0.1, 0.15) is 19.4 Å². The number of amides is 2. The molecule has 0 aliphatic rings. The first kappa shape index (κ1) is 20.7. The SMILES string of the molecule is CCOc1cc(/C=N\NC(=O)C(=O)NCCOC)cc(Cl)c1OCC. The van der Waals surface area contributed by atoms with Crippen LogP contribution in [-0.4, -0.2) is 51.5 Å². The molecule has 9 heteroatoms. The predicted molar refractivity (Wildman–Crippen MR) is 94.4 cm³/mol. The average molecular weight is 372 g/mol. The van der Waals surface area contributed by atoms with Crippen LogP contribution in [0.15, 0.2) is 17.2 Å². The largest absolute Gasteiger partial charge is 0.490 e. The predicted octanol–water partition coefficient (Wildman–Crippen LogP) is 1.35. The molecule has 0 aliphatic carbocycles. The van der Waals surface area contributed by atoms with Gasteiger partial charge in [-0.1, -0.05) is 11.6 Å². The summed E-state index contributed by atoms with van der Waals surface area (Å²) in [5.74, 6) is -0.755. The molecule has 0 atom stereocenters. The number of hydrogen-bond acceptors (Lipinski definition) is 6. The van der Waals surface area contributed by atoms with Gasteiger partial charge < -0.3 is 19.5 Å². The number of benzene rings is 1. The number of hydrogen-bond donors (Lipinski definition) is 2. The Labute approximate surface area is 151 Å². The number of carbonyl (C=O) groups excluding carboxylic acids is 2. The lowest BCUT2D eigenvalue weighted by Gasteiger charge is -2.13. The summed E-state index contributed by atoms with van der Waals surface area (Å²) in [5.41, 5.74) is 2.71. The van der Waals surface area contributed by atoms with Gasteiger partial charge in [0.2, 0.25) is 0 Å². The smallest absolute Gasteiger partial charge is 0.329 e. The van der Waals surface area contributed by atoms with Gasteiger partial charge in [0, 0.05) is 13.7 Å². The van der Waals surface area contributed by atoms with Crippen molar-refractivity contribution in [3.63, 3.8) is 0 Å². The zero-order valence-electron chi connectivity index (χ0n) is 14.4. The monoisotopic (exact) mass is 371 g/mol. The third-order valence-electron chi connectivity index (χ3n) is 2.80. The Balaban J connectivity index is 2.73. The molecule has 1 aromatic rings. The normalized spacial score (nSPS) is 10.6. The number of nitrogens with one attached hydrogen (secondary N) is 2. The minimum atomic E-state index is -0.880. The van der Waals surface area contributed by atoms with E-state index in [-0.39, 0.29) is 6.54 Å². The van der Waals surface area contributed by atoms with Crippen molar-refractivity contribution in [3.8, 4) is 11.5 Å². The number of hydrazone groups is 1. The zero-order chi connectivity index (χ0) is 18.7. The Kier molecular flexibility index (Phi) is 9.34. The first-order valence-electron chi connectivity index (χ1n) is 7.72. The van der Waals surface area contributed by atoms with Crippen molar-refractivity contribution < 1.29 is 23.8 Å². The summed E-state index contributed by atoms with van der Waals surface area (Å²) in [6.07, 6.45) is 1.35. The molecule has 0 heterocycles. The standard InChI is InChI=1S/C16H22ClN3O5/c1-4-24-13-9-11(8-12(17)14(13)25-5-2)10-19-20-16(22)15(21)18-6-7-23-3/h8-10H,4-7H2,1-3H3,(H,18,21)(H,20,22)/b19-10-. The molecule has 2 N–H and O–H groups in total. The molecule has 0 spiro atoms. The molecule has 0 aromatic heterocycles. The highest BCUT2D eigenvalue weighted by atomic mass is 35.5. The van der Waals surface area contributed by atoms with Crippen molar-refractivity contribution in [2.45, 2.75) is 13.8 Å². The molecule has 0 saturated heterocycles. The van der Waals surface area contributed by atoms with E-state index in [1.807, 2.05) is 13.8 Å². The van der Waals surface area contributed by atoms with Gasteiger partial charge in [0.1, 0.15) is 0 Å². The van der Waals surface area contributed by atoms with Gasteiger partial charge >= 0.3 is 11.8 Å². The van der Waals surface area contributed by atoms with Crippen LogP contribution in [0.3, 0.4) is 0 Å². The van der Waals surface area contributed by atoms with E-state index in [2.05, 4.69) is 15.8 Å². The lowest BCUT2D eigenvalue weighted by molar-refractivity contribution is -0.139.